The monoisotopic (exact) mass is 875 g/mol. The molecule has 0 N–H and O–H groups in total. The van der Waals surface area contributed by atoms with E-state index in [1.807, 2.05) is 36.4 Å². The average Bonchev–Trinajstić information content (AvgIpc) is 4.11. The van der Waals surface area contributed by atoms with Crippen LogP contribution in [0.3, 0.4) is 0 Å². The first-order valence-corrected chi connectivity index (χ1v) is 22.6. The normalized spacial score (nSPS) is 12.0. The maximum Gasteiger partial charge on any atom is 0.134 e. The number of rotatable bonds is 5. The summed E-state index contributed by atoms with van der Waals surface area (Å²) in [4.78, 5) is 0. The number of hydrogen-bond donors (Lipinski definition) is 0. The first-order chi connectivity index (χ1) is 33.6. The van der Waals surface area contributed by atoms with Crippen molar-refractivity contribution in [2.45, 2.75) is 0 Å². The summed E-state index contributed by atoms with van der Waals surface area (Å²) in [7, 11) is 0. The predicted molar refractivity (Wildman–Crippen MR) is 274 cm³/mol. The van der Waals surface area contributed by atoms with E-state index in [1.54, 1.807) is 0 Å². The van der Waals surface area contributed by atoms with Gasteiger partial charge in [-0.15, -0.1) is 0 Å². The number of nitriles is 1. The third kappa shape index (κ3) is 5.17. The fraction of sp³-hybridized carbons (Fsp3) is 0. The van der Waals surface area contributed by atoms with E-state index < -0.39 is 11.6 Å². The predicted octanol–water partition coefficient (Wildman–Crippen LogP) is 15.9. The maximum absolute atomic E-state index is 16.3. The molecule has 0 aliphatic rings. The zero-order valence-corrected chi connectivity index (χ0v) is 36.2. The van der Waals surface area contributed by atoms with Gasteiger partial charge < -0.3 is 18.3 Å². The molecule has 0 aliphatic heterocycles. The number of fused-ring (bicyclic) bond motifs is 14. The van der Waals surface area contributed by atoms with Gasteiger partial charge >= 0.3 is 0 Å². The molecule has 0 amide bonds. The molecule has 10 aromatic carbocycles. The van der Waals surface area contributed by atoms with Crippen LogP contribution in [0.25, 0.3) is 121 Å². The molecule has 0 saturated carbocycles. The molecule has 14 rings (SSSR count). The minimum atomic E-state index is -0.747. The molecular weight excluding hydrogens is 841 g/mol. The molecule has 0 saturated heterocycles. The van der Waals surface area contributed by atoms with Crippen molar-refractivity contribution in [3.63, 3.8) is 0 Å². The highest BCUT2D eigenvalue weighted by atomic mass is 19.1. The third-order valence-electron chi connectivity index (χ3n) is 13.9. The molecule has 14 aromatic rings. The average molecular weight is 876 g/mol. The van der Waals surface area contributed by atoms with Crippen LogP contribution < -0.4 is 0 Å². The van der Waals surface area contributed by atoms with Gasteiger partial charge in [-0.1, -0.05) is 127 Å². The molecule has 68 heavy (non-hydrogen) atoms. The Balaban J connectivity index is 1.22. The number of halogens is 2. The Morgan fingerprint density at radius 2 is 0.735 bits per heavy atom. The first-order valence-electron chi connectivity index (χ1n) is 22.6. The maximum atomic E-state index is 16.3. The van der Waals surface area contributed by atoms with Crippen molar-refractivity contribution >= 4 is 87.2 Å². The Morgan fingerprint density at radius 3 is 1.19 bits per heavy atom. The van der Waals surface area contributed by atoms with Crippen LogP contribution in [0.1, 0.15) is 5.56 Å². The highest BCUT2D eigenvalue weighted by Crippen LogP contribution is 2.47. The molecular formula is C61H35F2N5. The Bertz CT molecular complexity index is 4450. The highest BCUT2D eigenvalue weighted by molar-refractivity contribution is 6.28. The molecule has 4 aromatic heterocycles. The molecule has 0 atom stereocenters. The van der Waals surface area contributed by atoms with Crippen LogP contribution in [-0.2, 0) is 0 Å². The van der Waals surface area contributed by atoms with Crippen molar-refractivity contribution in [2.75, 3.05) is 0 Å². The second-order valence-corrected chi connectivity index (χ2v) is 17.4. The van der Waals surface area contributed by atoms with Gasteiger partial charge in [-0.05, 0) is 84.9 Å². The van der Waals surface area contributed by atoms with Crippen LogP contribution in [0.2, 0.25) is 0 Å². The fourth-order valence-electron chi connectivity index (χ4n) is 11.2. The Hall–Kier alpha value is -9.25. The molecule has 0 spiro atoms. The number of aromatic nitrogens is 4. The quantitative estimate of drug-likeness (QED) is 0.170. The molecule has 318 valence electrons. The molecule has 5 nitrogen and oxygen atoms in total. The van der Waals surface area contributed by atoms with Gasteiger partial charge in [0.15, 0.2) is 0 Å². The number of benzene rings is 10. The minimum Gasteiger partial charge on any atom is -0.309 e. The van der Waals surface area contributed by atoms with Gasteiger partial charge in [-0.2, -0.15) is 5.26 Å². The lowest BCUT2D eigenvalue weighted by atomic mass is 9.97. The summed E-state index contributed by atoms with van der Waals surface area (Å²) in [5.74, 6) is -1.49. The topological polar surface area (TPSA) is 43.5 Å². The summed E-state index contributed by atoms with van der Waals surface area (Å²) >= 11 is 0. The second-order valence-electron chi connectivity index (χ2n) is 17.4. The Morgan fingerprint density at radius 1 is 0.338 bits per heavy atom. The molecule has 7 heteroatoms. The lowest BCUT2D eigenvalue weighted by molar-refractivity contribution is 0.589. The van der Waals surface area contributed by atoms with E-state index in [0.717, 1.165) is 98.6 Å². The second kappa shape index (κ2) is 14.4. The van der Waals surface area contributed by atoms with Gasteiger partial charge in [0.05, 0.1) is 72.7 Å². The Kier molecular flexibility index (Phi) is 8.05. The van der Waals surface area contributed by atoms with Crippen molar-refractivity contribution in [3.8, 4) is 39.9 Å². The lowest BCUT2D eigenvalue weighted by Crippen LogP contribution is -2.06. The highest BCUT2D eigenvalue weighted by Gasteiger charge is 2.28. The van der Waals surface area contributed by atoms with Gasteiger partial charge in [-0.25, -0.2) is 8.78 Å². The van der Waals surface area contributed by atoms with E-state index in [1.165, 1.54) is 18.2 Å². The van der Waals surface area contributed by atoms with Crippen LogP contribution >= 0.6 is 0 Å². The van der Waals surface area contributed by atoms with Crippen LogP contribution in [0.15, 0.2) is 212 Å². The van der Waals surface area contributed by atoms with Gasteiger partial charge in [0.1, 0.15) is 11.6 Å². The van der Waals surface area contributed by atoms with Crippen molar-refractivity contribution in [3.05, 3.63) is 230 Å². The van der Waals surface area contributed by atoms with Gasteiger partial charge in [0, 0.05) is 60.0 Å². The van der Waals surface area contributed by atoms with E-state index >= 15 is 8.78 Å². The summed E-state index contributed by atoms with van der Waals surface area (Å²) in [6, 6.07) is 73.2. The van der Waals surface area contributed by atoms with E-state index in [-0.39, 0.29) is 16.7 Å². The summed E-state index contributed by atoms with van der Waals surface area (Å²) in [6.45, 7) is 0. The van der Waals surface area contributed by atoms with Gasteiger partial charge in [-0.3, -0.25) is 0 Å². The molecule has 0 aliphatic carbocycles. The van der Waals surface area contributed by atoms with Crippen LogP contribution in [0.4, 0.5) is 8.78 Å². The van der Waals surface area contributed by atoms with E-state index in [0.29, 0.717) is 11.4 Å². The van der Waals surface area contributed by atoms with Crippen LogP contribution in [0.5, 0.6) is 0 Å². The zero-order chi connectivity index (χ0) is 45.2. The summed E-state index contributed by atoms with van der Waals surface area (Å²) < 4.78 is 41.7. The molecule has 0 bridgehead atoms. The van der Waals surface area contributed by atoms with Crippen LogP contribution in [0, 0.1) is 23.0 Å². The summed E-state index contributed by atoms with van der Waals surface area (Å²) in [5, 5.41) is 19.5. The van der Waals surface area contributed by atoms with Crippen molar-refractivity contribution in [1.82, 2.24) is 18.3 Å². The van der Waals surface area contributed by atoms with E-state index in [9.17, 15) is 5.26 Å². The van der Waals surface area contributed by atoms with Gasteiger partial charge in [0.2, 0.25) is 0 Å². The summed E-state index contributed by atoms with van der Waals surface area (Å²) in [6.07, 6.45) is 0. The van der Waals surface area contributed by atoms with E-state index in [2.05, 4.69) is 182 Å². The minimum absolute atomic E-state index is 0.143. The number of hydrogen-bond acceptors (Lipinski definition) is 1. The molecule has 0 radical (unpaired) electrons. The van der Waals surface area contributed by atoms with E-state index in [4.69, 9.17) is 0 Å². The summed E-state index contributed by atoms with van der Waals surface area (Å²) in [5.41, 5.74) is 11.3. The largest absolute Gasteiger partial charge is 0.309 e. The standard InChI is InChI=1S/C61H35F2N5/c62-47-24-15-25-48(63)57(47)46-35-56(68-50-27-12-8-21-41(50)43-31-33-54-59(61(43)68)45-23-10-14-29-52(45)66(54)39-18-5-2-6-19-39)55(34-37(46)36-64)67-49-26-11-7-20-40(49)42-30-32-53-58(60(42)67)44-22-9-13-28-51(44)65(53)38-16-3-1-4-17-38/h1-35H. The number of nitrogens with zero attached hydrogens (tertiary/aromatic N) is 5. The first kappa shape index (κ1) is 38.1. The van der Waals surface area contributed by atoms with Gasteiger partial charge in [0.25, 0.3) is 0 Å². The van der Waals surface area contributed by atoms with Crippen molar-refractivity contribution in [2.24, 2.45) is 0 Å². The smallest absolute Gasteiger partial charge is 0.134 e. The number of para-hydroxylation sites is 6. The fourth-order valence-corrected chi connectivity index (χ4v) is 11.2. The lowest BCUT2D eigenvalue weighted by Gasteiger charge is -2.20. The SMILES string of the molecule is N#Cc1cc(-n2c3ccccc3c3ccc4c(c5ccccc5n4-c4ccccc4)c32)c(-n2c3ccccc3c3ccc4c(c5ccccc5n4-c4ccccc4)c32)cc1-c1c(F)cccc1F. The van der Waals surface area contributed by atoms with Crippen molar-refractivity contribution in [1.29, 1.82) is 5.26 Å². The zero-order valence-electron chi connectivity index (χ0n) is 36.2. The van der Waals surface area contributed by atoms with Crippen molar-refractivity contribution < 1.29 is 8.78 Å². The molecule has 4 heterocycles. The molecule has 0 unspecified atom stereocenters. The van der Waals surface area contributed by atoms with Crippen LogP contribution in [-0.4, -0.2) is 18.3 Å². The third-order valence-corrected chi connectivity index (χ3v) is 13.9. The Labute approximate surface area is 387 Å². The molecule has 0 fully saturated rings.